The van der Waals surface area contributed by atoms with Gasteiger partial charge in [-0.05, 0) is 18.6 Å². The van der Waals surface area contributed by atoms with Gasteiger partial charge in [-0.1, -0.05) is 12.1 Å². The molecule has 2 N–H and O–H groups in total. The van der Waals surface area contributed by atoms with Gasteiger partial charge >= 0.3 is 0 Å². The third-order valence-corrected chi connectivity index (χ3v) is 2.10. The lowest BCUT2D eigenvalue weighted by molar-refractivity contribution is -0.116. The van der Waals surface area contributed by atoms with Gasteiger partial charge in [-0.15, -0.1) is 0 Å². The summed E-state index contributed by atoms with van der Waals surface area (Å²) in [6.45, 7) is 0.866. The number of carbonyl (C=O) groups is 1. The van der Waals surface area contributed by atoms with Crippen molar-refractivity contribution in [3.8, 4) is 0 Å². The van der Waals surface area contributed by atoms with E-state index in [1.807, 2.05) is 24.3 Å². The first-order chi connectivity index (χ1) is 7.36. The van der Waals surface area contributed by atoms with Crippen LogP contribution in [0.3, 0.4) is 0 Å². The van der Waals surface area contributed by atoms with Crippen molar-refractivity contribution in [2.24, 2.45) is 0 Å². The van der Waals surface area contributed by atoms with E-state index in [4.69, 9.17) is 0 Å². The lowest BCUT2D eigenvalue weighted by Gasteiger charge is -2.15. The Balaban J connectivity index is 0.000000531. The zero-order chi connectivity index (χ0) is 11.1. The highest BCUT2D eigenvalue weighted by Gasteiger charge is 2.08. The van der Waals surface area contributed by atoms with Crippen LogP contribution < -0.4 is 10.6 Å². The predicted molar refractivity (Wildman–Crippen MR) is 59.8 cm³/mol. The summed E-state index contributed by atoms with van der Waals surface area (Å²) in [4.78, 5) is 11.3. The van der Waals surface area contributed by atoms with Crippen LogP contribution in [0.1, 0.15) is 12.8 Å². The number of anilines is 2. The smallest absolute Gasteiger partial charge is 0.224 e. The summed E-state index contributed by atoms with van der Waals surface area (Å²) in [5.41, 5.74) is 1.89. The van der Waals surface area contributed by atoms with Crippen LogP contribution in [0.25, 0.3) is 0 Å². The van der Waals surface area contributed by atoms with E-state index in [9.17, 15) is 9.18 Å². The van der Waals surface area contributed by atoms with Crippen LogP contribution in [0, 0.1) is 0 Å². The van der Waals surface area contributed by atoms with Crippen LogP contribution in [0.5, 0.6) is 0 Å². The van der Waals surface area contributed by atoms with Crippen LogP contribution in [0.2, 0.25) is 0 Å². The maximum absolute atomic E-state index is 11.3. The fourth-order valence-corrected chi connectivity index (χ4v) is 1.43. The SMILES string of the molecule is CF.O=C1CCCNc2ccccc2N1. The lowest BCUT2D eigenvalue weighted by atomic mass is 10.2. The summed E-state index contributed by atoms with van der Waals surface area (Å²) in [6.07, 6.45) is 1.49. The van der Waals surface area contributed by atoms with Crippen LogP contribution in [0.15, 0.2) is 24.3 Å². The van der Waals surface area contributed by atoms with Gasteiger partial charge < -0.3 is 10.6 Å². The third kappa shape index (κ3) is 3.23. The highest BCUT2D eigenvalue weighted by Crippen LogP contribution is 2.22. The number of nitrogens with one attached hydrogen (secondary N) is 2. The summed E-state index contributed by atoms with van der Waals surface area (Å²) < 4.78 is 9.50. The lowest BCUT2D eigenvalue weighted by Crippen LogP contribution is -2.18. The highest BCUT2D eigenvalue weighted by molar-refractivity contribution is 5.94. The second-order valence-corrected chi connectivity index (χ2v) is 3.12. The van der Waals surface area contributed by atoms with E-state index in [-0.39, 0.29) is 5.91 Å². The molecule has 1 aliphatic rings. The topological polar surface area (TPSA) is 41.1 Å². The minimum atomic E-state index is 0.106. The maximum Gasteiger partial charge on any atom is 0.224 e. The Morgan fingerprint density at radius 2 is 1.87 bits per heavy atom. The number of para-hydroxylation sites is 2. The Bertz CT molecular complexity index is 328. The largest absolute Gasteiger partial charge is 0.383 e. The number of fused-ring (bicyclic) bond motifs is 1. The average Bonchev–Trinajstić information content (AvgIpc) is 2.26. The molecule has 0 unspecified atom stereocenters. The van der Waals surface area contributed by atoms with Gasteiger partial charge in [0.25, 0.3) is 0 Å². The minimum absolute atomic E-state index is 0.106. The van der Waals surface area contributed by atoms with Gasteiger partial charge in [-0.25, -0.2) is 0 Å². The molecule has 82 valence electrons. The van der Waals surface area contributed by atoms with E-state index in [1.54, 1.807) is 0 Å². The van der Waals surface area contributed by atoms with E-state index in [1.165, 1.54) is 0 Å². The monoisotopic (exact) mass is 210 g/mol. The van der Waals surface area contributed by atoms with Gasteiger partial charge in [0.05, 0.1) is 18.6 Å². The molecule has 0 spiro atoms. The number of rotatable bonds is 0. The van der Waals surface area contributed by atoms with E-state index in [0.29, 0.717) is 13.6 Å². The van der Waals surface area contributed by atoms with E-state index in [0.717, 1.165) is 24.3 Å². The Hall–Kier alpha value is -1.58. The standard InChI is InChI=1S/C10H12N2O.CH3F/c13-10-6-3-7-11-8-4-1-2-5-9(8)12-10;1-2/h1-2,4-5,11H,3,6-7H2,(H,12,13);1H3. The van der Waals surface area contributed by atoms with Crippen LogP contribution in [0.4, 0.5) is 15.8 Å². The molecule has 0 radical (unpaired) electrons. The van der Waals surface area contributed by atoms with Crippen molar-refractivity contribution in [1.82, 2.24) is 0 Å². The van der Waals surface area contributed by atoms with Gasteiger partial charge in [-0.2, -0.15) is 0 Å². The molecule has 3 nitrogen and oxygen atoms in total. The molecule has 0 fully saturated rings. The number of hydrogen-bond donors (Lipinski definition) is 2. The van der Waals surface area contributed by atoms with E-state index < -0.39 is 0 Å². The summed E-state index contributed by atoms with van der Waals surface area (Å²) in [5.74, 6) is 0.106. The second kappa shape index (κ2) is 6.01. The van der Waals surface area contributed by atoms with Crippen molar-refractivity contribution < 1.29 is 9.18 Å². The minimum Gasteiger partial charge on any atom is -0.383 e. The summed E-state index contributed by atoms with van der Waals surface area (Å²) in [6, 6.07) is 7.76. The molecule has 2 rings (SSSR count). The number of benzene rings is 1. The van der Waals surface area contributed by atoms with Crippen molar-refractivity contribution in [3.05, 3.63) is 24.3 Å². The first-order valence-electron chi connectivity index (χ1n) is 4.87. The predicted octanol–water partition coefficient (Wildman–Crippen LogP) is 2.42. The van der Waals surface area contributed by atoms with Crippen molar-refractivity contribution in [1.29, 1.82) is 0 Å². The number of amides is 1. The molecule has 1 aromatic rings. The van der Waals surface area contributed by atoms with Crippen molar-refractivity contribution in [2.45, 2.75) is 12.8 Å². The Morgan fingerprint density at radius 1 is 1.20 bits per heavy atom. The molecule has 0 aliphatic carbocycles. The van der Waals surface area contributed by atoms with Crippen molar-refractivity contribution >= 4 is 17.3 Å². The van der Waals surface area contributed by atoms with E-state index >= 15 is 0 Å². The molecule has 1 aromatic carbocycles. The number of carbonyl (C=O) groups excluding carboxylic acids is 1. The molecule has 0 saturated heterocycles. The first kappa shape index (κ1) is 11.5. The highest BCUT2D eigenvalue weighted by atomic mass is 19.1. The van der Waals surface area contributed by atoms with E-state index in [2.05, 4.69) is 10.6 Å². The maximum atomic E-state index is 11.3. The Kier molecular flexibility index (Phi) is 4.60. The molecular formula is C11H15FN2O. The zero-order valence-corrected chi connectivity index (χ0v) is 8.72. The molecule has 0 bridgehead atoms. The molecule has 0 atom stereocenters. The number of halogens is 1. The second-order valence-electron chi connectivity index (χ2n) is 3.12. The fourth-order valence-electron chi connectivity index (χ4n) is 1.43. The van der Waals surface area contributed by atoms with Gasteiger partial charge in [0, 0.05) is 13.0 Å². The number of hydrogen-bond acceptors (Lipinski definition) is 2. The molecule has 4 heteroatoms. The first-order valence-corrected chi connectivity index (χ1v) is 4.87. The average molecular weight is 210 g/mol. The van der Waals surface area contributed by atoms with Crippen LogP contribution in [-0.2, 0) is 4.79 Å². The quantitative estimate of drug-likeness (QED) is 0.690. The van der Waals surface area contributed by atoms with Gasteiger partial charge in [0.1, 0.15) is 0 Å². The summed E-state index contributed by atoms with van der Waals surface area (Å²) in [5, 5.41) is 6.13. The Morgan fingerprint density at radius 3 is 2.60 bits per heavy atom. The van der Waals surface area contributed by atoms with Crippen molar-refractivity contribution in [2.75, 3.05) is 24.4 Å². The van der Waals surface area contributed by atoms with Gasteiger partial charge in [0.15, 0.2) is 0 Å². The molecule has 1 aliphatic heterocycles. The van der Waals surface area contributed by atoms with Gasteiger partial charge in [0.2, 0.25) is 5.91 Å². The fraction of sp³-hybridized carbons (Fsp3) is 0.364. The normalized spacial score (nSPS) is 14.4. The summed E-state index contributed by atoms with van der Waals surface area (Å²) in [7, 11) is 0.500. The summed E-state index contributed by atoms with van der Waals surface area (Å²) >= 11 is 0. The molecule has 15 heavy (non-hydrogen) atoms. The van der Waals surface area contributed by atoms with Crippen LogP contribution in [-0.4, -0.2) is 19.6 Å². The Labute approximate surface area is 88.7 Å². The molecule has 0 saturated carbocycles. The van der Waals surface area contributed by atoms with Crippen LogP contribution >= 0.6 is 0 Å². The number of alkyl halides is 1. The van der Waals surface area contributed by atoms with Gasteiger partial charge in [-0.3, -0.25) is 9.18 Å². The molecular weight excluding hydrogens is 195 g/mol. The molecule has 1 amide bonds. The van der Waals surface area contributed by atoms with Crippen molar-refractivity contribution in [3.63, 3.8) is 0 Å². The third-order valence-electron chi connectivity index (χ3n) is 2.10. The zero-order valence-electron chi connectivity index (χ0n) is 8.72. The molecule has 1 heterocycles. The molecule has 0 aromatic heterocycles.